The van der Waals surface area contributed by atoms with E-state index in [0.29, 0.717) is 28.5 Å². The van der Waals surface area contributed by atoms with Crippen LogP contribution in [-0.4, -0.2) is 30.2 Å². The van der Waals surface area contributed by atoms with E-state index >= 15 is 0 Å². The zero-order valence-corrected chi connectivity index (χ0v) is 12.1. The van der Waals surface area contributed by atoms with Crippen molar-refractivity contribution in [3.63, 3.8) is 0 Å². The Morgan fingerprint density at radius 1 is 1.40 bits per heavy atom. The number of anilines is 2. The maximum Gasteiger partial charge on any atom is 0.250 e. The van der Waals surface area contributed by atoms with Crippen molar-refractivity contribution in [3.05, 3.63) is 22.7 Å². The number of aliphatic hydroxyl groups is 1. The standard InChI is InChI=1S/C14H20ClN3O2/c15-12-8-9(16)7-11(14(17)20)13(12)18(5-6-19)10-3-1-2-4-10/h7-8,10,19H,1-6,16H2,(H2,17,20). The van der Waals surface area contributed by atoms with Crippen LogP contribution in [0.5, 0.6) is 0 Å². The van der Waals surface area contributed by atoms with E-state index in [2.05, 4.69) is 0 Å². The van der Waals surface area contributed by atoms with Gasteiger partial charge < -0.3 is 21.5 Å². The van der Waals surface area contributed by atoms with Gasteiger partial charge in [-0.1, -0.05) is 24.4 Å². The summed E-state index contributed by atoms with van der Waals surface area (Å²) in [5, 5.41) is 9.71. The van der Waals surface area contributed by atoms with Gasteiger partial charge in [0.05, 0.1) is 22.9 Å². The van der Waals surface area contributed by atoms with E-state index < -0.39 is 5.91 Å². The third-order valence-corrected chi connectivity index (χ3v) is 4.03. The van der Waals surface area contributed by atoms with Gasteiger partial charge in [0.25, 0.3) is 5.91 Å². The summed E-state index contributed by atoms with van der Waals surface area (Å²) in [6, 6.07) is 3.44. The Bertz CT molecular complexity index is 501. The first-order valence-electron chi connectivity index (χ1n) is 6.81. The van der Waals surface area contributed by atoms with Gasteiger partial charge in [-0.05, 0) is 25.0 Å². The highest BCUT2D eigenvalue weighted by Crippen LogP contribution is 2.36. The van der Waals surface area contributed by atoms with Gasteiger partial charge in [-0.25, -0.2) is 0 Å². The minimum absolute atomic E-state index is 0.00456. The number of nitrogen functional groups attached to an aromatic ring is 1. The van der Waals surface area contributed by atoms with Crippen molar-refractivity contribution < 1.29 is 9.90 Å². The number of rotatable bonds is 5. The number of benzene rings is 1. The van der Waals surface area contributed by atoms with E-state index in [0.717, 1.165) is 25.7 Å². The van der Waals surface area contributed by atoms with Crippen molar-refractivity contribution in [3.8, 4) is 0 Å². The molecule has 6 heteroatoms. The van der Waals surface area contributed by atoms with Crippen molar-refractivity contribution in [1.82, 2.24) is 0 Å². The first kappa shape index (κ1) is 14.9. The van der Waals surface area contributed by atoms with Gasteiger partial charge in [0.1, 0.15) is 0 Å². The molecule has 1 aromatic rings. The number of carbonyl (C=O) groups excluding carboxylic acids is 1. The van der Waals surface area contributed by atoms with Crippen molar-refractivity contribution in [2.24, 2.45) is 5.73 Å². The second-order valence-corrected chi connectivity index (χ2v) is 5.53. The minimum Gasteiger partial charge on any atom is -0.399 e. The van der Waals surface area contributed by atoms with Gasteiger partial charge in [0.2, 0.25) is 0 Å². The van der Waals surface area contributed by atoms with Crippen LogP contribution >= 0.6 is 11.6 Å². The molecule has 0 radical (unpaired) electrons. The van der Waals surface area contributed by atoms with Crippen LogP contribution in [-0.2, 0) is 0 Å². The minimum atomic E-state index is -0.560. The smallest absolute Gasteiger partial charge is 0.250 e. The average Bonchev–Trinajstić information content (AvgIpc) is 2.89. The van der Waals surface area contributed by atoms with Crippen molar-refractivity contribution in [2.75, 3.05) is 23.8 Å². The zero-order valence-electron chi connectivity index (χ0n) is 11.3. The normalized spacial score (nSPS) is 15.5. The molecular formula is C14H20ClN3O2. The highest BCUT2D eigenvalue weighted by Gasteiger charge is 2.27. The van der Waals surface area contributed by atoms with Crippen LogP contribution in [0.4, 0.5) is 11.4 Å². The molecule has 0 unspecified atom stereocenters. The van der Waals surface area contributed by atoms with Gasteiger partial charge in [-0.15, -0.1) is 0 Å². The summed E-state index contributed by atoms with van der Waals surface area (Å²) in [4.78, 5) is 13.7. The number of hydrogen-bond acceptors (Lipinski definition) is 4. The molecule has 1 aromatic carbocycles. The van der Waals surface area contributed by atoms with E-state index in [1.807, 2.05) is 4.90 Å². The monoisotopic (exact) mass is 297 g/mol. The average molecular weight is 298 g/mol. The predicted molar refractivity (Wildman–Crippen MR) is 81.1 cm³/mol. The number of carbonyl (C=O) groups is 1. The lowest BCUT2D eigenvalue weighted by molar-refractivity contribution is 0.100. The number of aliphatic hydroxyl groups excluding tert-OH is 1. The second kappa shape index (κ2) is 6.33. The summed E-state index contributed by atoms with van der Waals surface area (Å²) in [7, 11) is 0. The molecule has 20 heavy (non-hydrogen) atoms. The Morgan fingerprint density at radius 3 is 2.60 bits per heavy atom. The fourth-order valence-electron chi connectivity index (χ4n) is 2.90. The molecule has 110 valence electrons. The molecule has 1 fully saturated rings. The van der Waals surface area contributed by atoms with E-state index in [-0.39, 0.29) is 12.6 Å². The lowest BCUT2D eigenvalue weighted by Crippen LogP contribution is -2.37. The van der Waals surface area contributed by atoms with Crippen LogP contribution in [0.3, 0.4) is 0 Å². The SMILES string of the molecule is NC(=O)c1cc(N)cc(Cl)c1N(CCO)C1CCCC1. The van der Waals surface area contributed by atoms with Crippen molar-refractivity contribution >= 4 is 28.9 Å². The summed E-state index contributed by atoms with van der Waals surface area (Å²) in [5.41, 5.74) is 12.5. The number of nitrogens with two attached hydrogens (primary N) is 2. The van der Waals surface area contributed by atoms with Gasteiger partial charge >= 0.3 is 0 Å². The first-order chi connectivity index (χ1) is 9.54. The predicted octanol–water partition coefficient (Wildman–Crippen LogP) is 1.76. The molecule has 2 rings (SSSR count). The molecule has 5 nitrogen and oxygen atoms in total. The molecule has 1 amide bonds. The summed E-state index contributed by atoms with van der Waals surface area (Å²) < 4.78 is 0. The van der Waals surface area contributed by atoms with E-state index in [1.54, 1.807) is 12.1 Å². The van der Waals surface area contributed by atoms with Crippen LogP contribution in [0.15, 0.2) is 12.1 Å². The quantitative estimate of drug-likeness (QED) is 0.722. The van der Waals surface area contributed by atoms with E-state index in [9.17, 15) is 9.90 Å². The Kier molecular flexibility index (Phi) is 4.73. The van der Waals surface area contributed by atoms with E-state index in [4.69, 9.17) is 23.1 Å². The topological polar surface area (TPSA) is 92.6 Å². The van der Waals surface area contributed by atoms with E-state index in [1.165, 1.54) is 0 Å². The lowest BCUT2D eigenvalue weighted by atomic mass is 10.1. The first-order valence-corrected chi connectivity index (χ1v) is 7.18. The third kappa shape index (κ3) is 2.99. The summed E-state index contributed by atoms with van der Waals surface area (Å²) in [5.74, 6) is -0.560. The largest absolute Gasteiger partial charge is 0.399 e. The van der Waals surface area contributed by atoms with Crippen LogP contribution < -0.4 is 16.4 Å². The van der Waals surface area contributed by atoms with Crippen LogP contribution in [0.2, 0.25) is 5.02 Å². The fraction of sp³-hybridized carbons (Fsp3) is 0.500. The fourth-order valence-corrected chi connectivity index (χ4v) is 3.24. The highest BCUT2D eigenvalue weighted by atomic mass is 35.5. The van der Waals surface area contributed by atoms with Crippen molar-refractivity contribution in [2.45, 2.75) is 31.7 Å². The molecule has 0 aliphatic heterocycles. The molecule has 0 spiro atoms. The molecule has 1 aliphatic rings. The number of halogens is 1. The Labute approximate surface area is 123 Å². The van der Waals surface area contributed by atoms with Gasteiger partial charge in [0.15, 0.2) is 0 Å². The molecule has 0 aromatic heterocycles. The maximum atomic E-state index is 11.7. The second-order valence-electron chi connectivity index (χ2n) is 5.12. The van der Waals surface area contributed by atoms with Crippen LogP contribution in [0.25, 0.3) is 0 Å². The molecule has 0 saturated heterocycles. The van der Waals surface area contributed by atoms with Crippen LogP contribution in [0.1, 0.15) is 36.0 Å². The molecule has 1 saturated carbocycles. The molecule has 0 heterocycles. The molecule has 1 aliphatic carbocycles. The number of primary amides is 1. The number of nitrogens with zero attached hydrogens (tertiary/aromatic N) is 1. The maximum absolute atomic E-state index is 11.7. The van der Waals surface area contributed by atoms with Gasteiger partial charge in [-0.3, -0.25) is 4.79 Å². The number of amides is 1. The zero-order chi connectivity index (χ0) is 14.7. The molecular weight excluding hydrogens is 278 g/mol. The number of hydrogen-bond donors (Lipinski definition) is 3. The Hall–Kier alpha value is -1.46. The van der Waals surface area contributed by atoms with Gasteiger partial charge in [-0.2, -0.15) is 0 Å². The summed E-state index contributed by atoms with van der Waals surface area (Å²) in [6.45, 7) is 0.421. The highest BCUT2D eigenvalue weighted by molar-refractivity contribution is 6.34. The lowest BCUT2D eigenvalue weighted by Gasteiger charge is -2.32. The Balaban J connectivity index is 2.48. The molecule has 0 bridgehead atoms. The third-order valence-electron chi connectivity index (χ3n) is 3.74. The molecule has 5 N–H and O–H groups in total. The summed E-state index contributed by atoms with van der Waals surface area (Å²) in [6.07, 6.45) is 4.34. The summed E-state index contributed by atoms with van der Waals surface area (Å²) >= 11 is 6.28. The van der Waals surface area contributed by atoms with Crippen LogP contribution in [0, 0.1) is 0 Å². The Morgan fingerprint density at radius 2 is 2.05 bits per heavy atom. The van der Waals surface area contributed by atoms with Gasteiger partial charge in [0, 0.05) is 18.3 Å². The molecule has 0 atom stereocenters. The van der Waals surface area contributed by atoms with Crippen molar-refractivity contribution in [1.29, 1.82) is 0 Å².